The molecule has 1 atom stereocenters. The van der Waals surface area contributed by atoms with Gasteiger partial charge in [0.05, 0.1) is 37.6 Å². The van der Waals surface area contributed by atoms with Crippen molar-refractivity contribution in [1.82, 2.24) is 10.6 Å². The van der Waals surface area contributed by atoms with E-state index in [1.165, 1.54) is 4.31 Å². The topological polar surface area (TPSA) is 100 Å². The van der Waals surface area contributed by atoms with Gasteiger partial charge in [0.25, 0.3) is 0 Å². The molecular formula is C34H35ClN4O4S. The molecule has 8 nitrogen and oxygen atoms in total. The van der Waals surface area contributed by atoms with Crippen molar-refractivity contribution in [1.29, 1.82) is 0 Å². The van der Waals surface area contributed by atoms with Crippen molar-refractivity contribution >= 4 is 39.9 Å². The number of aliphatic imine (C=N–C) groups is 1. The fourth-order valence-corrected chi connectivity index (χ4v) is 7.56. The monoisotopic (exact) mass is 630 g/mol. The molecule has 1 unspecified atom stereocenters. The van der Waals surface area contributed by atoms with E-state index in [1.807, 2.05) is 72.8 Å². The summed E-state index contributed by atoms with van der Waals surface area (Å²) in [6.45, 7) is 2.10. The zero-order chi connectivity index (χ0) is 29.8. The Kier molecular flexibility index (Phi) is 9.56. The minimum Gasteiger partial charge on any atom is -0.497 e. The molecule has 0 aliphatic carbocycles. The molecular weight excluding hydrogens is 596 g/mol. The number of benzene rings is 4. The van der Waals surface area contributed by atoms with Crippen molar-refractivity contribution < 1.29 is 17.9 Å². The van der Waals surface area contributed by atoms with Crippen LogP contribution in [0, 0.1) is 0 Å². The predicted octanol–water partition coefficient (Wildman–Crippen LogP) is 5.27. The number of sulfonamides is 1. The molecule has 2 heterocycles. The summed E-state index contributed by atoms with van der Waals surface area (Å²) < 4.78 is 35.0. The number of hydrogen-bond acceptors (Lipinski definition) is 6. The third kappa shape index (κ3) is 6.59. The van der Waals surface area contributed by atoms with Crippen LogP contribution in [0.2, 0.25) is 0 Å². The number of hydrogen-bond donors (Lipinski definition) is 2. The van der Waals surface area contributed by atoms with Crippen molar-refractivity contribution in [2.45, 2.75) is 24.6 Å². The minimum atomic E-state index is -3.88. The lowest BCUT2D eigenvalue weighted by atomic mass is 9.88. The first kappa shape index (κ1) is 31.1. The molecule has 0 radical (unpaired) electrons. The molecule has 2 aliphatic heterocycles. The normalized spacial score (nSPS) is 15.2. The number of halogens is 1. The number of amidine groups is 1. The number of rotatable bonds is 10. The van der Waals surface area contributed by atoms with Gasteiger partial charge >= 0.3 is 0 Å². The van der Waals surface area contributed by atoms with Gasteiger partial charge in [0, 0.05) is 24.2 Å². The zero-order valence-electron chi connectivity index (χ0n) is 24.4. The number of para-hydroxylation sites is 1. The van der Waals surface area contributed by atoms with Crippen LogP contribution >= 0.6 is 12.4 Å². The Balaban J connectivity index is 0.00000384. The van der Waals surface area contributed by atoms with Crippen LogP contribution in [-0.2, 0) is 27.0 Å². The van der Waals surface area contributed by atoms with Gasteiger partial charge in [-0.1, -0.05) is 78.9 Å². The first-order chi connectivity index (χ1) is 20.9. The number of amides is 1. The fraction of sp³-hybridized carbons (Fsp3) is 0.235. The first-order valence-electron chi connectivity index (χ1n) is 14.4. The molecule has 44 heavy (non-hydrogen) atoms. The number of fused-ring (bicyclic) bond motifs is 3. The second kappa shape index (κ2) is 13.5. The van der Waals surface area contributed by atoms with Crippen molar-refractivity contribution in [3.05, 3.63) is 119 Å². The largest absolute Gasteiger partial charge is 0.497 e. The number of carbonyl (C=O) groups is 1. The van der Waals surface area contributed by atoms with Gasteiger partial charge < -0.3 is 15.4 Å². The van der Waals surface area contributed by atoms with Crippen LogP contribution < -0.4 is 19.7 Å². The molecule has 0 spiro atoms. The van der Waals surface area contributed by atoms with Crippen LogP contribution in [-0.4, -0.2) is 46.9 Å². The highest BCUT2D eigenvalue weighted by molar-refractivity contribution is 7.92. The molecule has 0 aromatic heterocycles. The summed E-state index contributed by atoms with van der Waals surface area (Å²) in [5.74, 6) is 1.17. The molecule has 228 valence electrons. The highest BCUT2D eigenvalue weighted by atomic mass is 35.5. The summed E-state index contributed by atoms with van der Waals surface area (Å²) in [6.07, 6.45) is 0.660. The molecule has 6 rings (SSSR count). The first-order valence-corrected chi connectivity index (χ1v) is 16.0. The van der Waals surface area contributed by atoms with E-state index in [-0.39, 0.29) is 30.5 Å². The molecule has 4 aromatic rings. The molecule has 4 aromatic carbocycles. The molecule has 2 aliphatic rings. The van der Waals surface area contributed by atoms with Crippen LogP contribution in [0.25, 0.3) is 11.1 Å². The summed E-state index contributed by atoms with van der Waals surface area (Å²) >= 11 is 0. The second-order valence-electron chi connectivity index (χ2n) is 10.7. The molecule has 2 N–H and O–H groups in total. The maximum Gasteiger partial charge on any atom is 0.239 e. The van der Waals surface area contributed by atoms with Crippen LogP contribution in [0.1, 0.15) is 34.7 Å². The number of anilines is 1. The van der Waals surface area contributed by atoms with E-state index in [4.69, 9.17) is 4.74 Å². The van der Waals surface area contributed by atoms with Crippen molar-refractivity contribution in [3.8, 4) is 16.9 Å². The van der Waals surface area contributed by atoms with Crippen LogP contribution in [0.15, 0.2) is 102 Å². The third-order valence-corrected chi connectivity index (χ3v) is 9.61. The second-order valence-corrected chi connectivity index (χ2v) is 12.5. The van der Waals surface area contributed by atoms with Crippen molar-refractivity contribution in [2.75, 3.05) is 31.0 Å². The lowest BCUT2D eigenvalue weighted by Gasteiger charge is -2.39. The highest BCUT2D eigenvalue weighted by Gasteiger charge is 2.39. The van der Waals surface area contributed by atoms with E-state index < -0.39 is 16.1 Å². The van der Waals surface area contributed by atoms with Gasteiger partial charge in [-0.3, -0.25) is 14.1 Å². The summed E-state index contributed by atoms with van der Waals surface area (Å²) in [7, 11) is -2.31. The third-order valence-electron chi connectivity index (χ3n) is 7.86. The minimum absolute atomic E-state index is 0. The van der Waals surface area contributed by atoms with Gasteiger partial charge in [0.1, 0.15) is 11.6 Å². The van der Waals surface area contributed by atoms with Gasteiger partial charge in [-0.15, -0.1) is 12.4 Å². The summed E-state index contributed by atoms with van der Waals surface area (Å²) in [6, 6.07) is 29.7. The Morgan fingerprint density at radius 3 is 2.32 bits per heavy atom. The maximum atomic E-state index is 14.1. The Labute approximate surface area is 264 Å². The lowest BCUT2D eigenvalue weighted by Crippen LogP contribution is -2.41. The summed E-state index contributed by atoms with van der Waals surface area (Å²) in [5.41, 5.74) is 5.95. The van der Waals surface area contributed by atoms with E-state index >= 15 is 0 Å². The van der Waals surface area contributed by atoms with Crippen molar-refractivity contribution in [2.24, 2.45) is 4.99 Å². The Bertz CT molecular complexity index is 1760. The standard InChI is InChI=1S/C34H34N4O4S.ClH/c1-42-27-16-12-25(13-17-27)23-43(40,41)38-31-9-5-4-7-29(31)28-6-2-3-8-30(28)32(38)22-33(39)35-19-18-24-10-14-26(15-11-24)34-36-20-21-37-34;/h2-17,32H,18-23H2,1H3,(H,35,39)(H,36,37);1H. The predicted molar refractivity (Wildman–Crippen MR) is 177 cm³/mol. The highest BCUT2D eigenvalue weighted by Crippen LogP contribution is 2.47. The van der Waals surface area contributed by atoms with Gasteiger partial charge in [-0.05, 0) is 46.9 Å². The average Bonchev–Trinajstić information content (AvgIpc) is 3.57. The van der Waals surface area contributed by atoms with Gasteiger partial charge in [-0.25, -0.2) is 8.42 Å². The van der Waals surface area contributed by atoms with E-state index in [2.05, 4.69) is 15.6 Å². The van der Waals surface area contributed by atoms with Crippen LogP contribution in [0.3, 0.4) is 0 Å². The fourth-order valence-electron chi connectivity index (χ4n) is 5.77. The van der Waals surface area contributed by atoms with Crippen LogP contribution in [0.5, 0.6) is 5.75 Å². The number of nitrogens with zero attached hydrogens (tertiary/aromatic N) is 2. The average molecular weight is 631 g/mol. The Morgan fingerprint density at radius 2 is 1.61 bits per heavy atom. The van der Waals surface area contributed by atoms with E-state index in [0.717, 1.165) is 46.7 Å². The number of methoxy groups -OCH3 is 1. The van der Waals surface area contributed by atoms with E-state index in [1.54, 1.807) is 31.4 Å². The molecule has 0 fully saturated rings. The van der Waals surface area contributed by atoms with Gasteiger partial charge in [0.15, 0.2) is 0 Å². The Hall–Kier alpha value is -4.34. The zero-order valence-corrected chi connectivity index (χ0v) is 26.0. The SMILES string of the molecule is COc1ccc(CS(=O)(=O)N2c3ccccc3-c3ccccc3C2CC(=O)NCCc2ccc(C3=NCCN3)cc2)cc1.Cl. The van der Waals surface area contributed by atoms with Gasteiger partial charge in [-0.2, -0.15) is 0 Å². The lowest BCUT2D eigenvalue weighted by molar-refractivity contribution is -0.121. The molecule has 0 saturated carbocycles. The smallest absolute Gasteiger partial charge is 0.239 e. The molecule has 0 saturated heterocycles. The number of ether oxygens (including phenoxy) is 1. The number of carbonyl (C=O) groups excluding carboxylic acids is 1. The van der Waals surface area contributed by atoms with E-state index in [9.17, 15) is 13.2 Å². The van der Waals surface area contributed by atoms with E-state index in [0.29, 0.717) is 30.0 Å². The quantitative estimate of drug-likeness (QED) is 0.249. The Morgan fingerprint density at radius 1 is 0.932 bits per heavy atom. The van der Waals surface area contributed by atoms with Gasteiger partial charge in [0.2, 0.25) is 15.9 Å². The maximum absolute atomic E-state index is 14.1. The van der Waals surface area contributed by atoms with Crippen LogP contribution in [0.4, 0.5) is 5.69 Å². The molecule has 10 heteroatoms. The molecule has 1 amide bonds. The number of nitrogens with one attached hydrogen (secondary N) is 2. The molecule has 0 bridgehead atoms. The van der Waals surface area contributed by atoms with Crippen molar-refractivity contribution in [3.63, 3.8) is 0 Å². The summed E-state index contributed by atoms with van der Waals surface area (Å²) in [4.78, 5) is 17.8. The summed E-state index contributed by atoms with van der Waals surface area (Å²) in [5, 5.41) is 6.30.